The average Bonchev–Trinajstić information content (AvgIpc) is 1.61. The molecule has 0 amide bonds. The van der Waals surface area contributed by atoms with E-state index >= 15 is 0 Å². The van der Waals surface area contributed by atoms with Crippen molar-refractivity contribution < 1.29 is 142 Å². The number of aryl methyl sites for hydroxylation is 7. The number of aliphatic hydroxyl groups is 4. The molecule has 0 spiro atoms. The van der Waals surface area contributed by atoms with E-state index in [9.17, 15) is 23.6 Å². The number of carbonyl (C=O) groups excluding carboxylic acids is 4. The largest absolute Gasteiger partial charge is 0.512 e. The van der Waals surface area contributed by atoms with E-state index in [1.54, 1.807) is 24.5 Å². The van der Waals surface area contributed by atoms with Crippen LogP contribution in [0.15, 0.2) is 357 Å². The zero-order valence-corrected chi connectivity index (χ0v) is 87.2. The molecule has 0 saturated carbocycles. The van der Waals surface area contributed by atoms with Crippen molar-refractivity contribution in [1.82, 2.24) is 19.9 Å². The number of furan rings is 4. The number of ketones is 4. The number of halogens is 1. The summed E-state index contributed by atoms with van der Waals surface area (Å²) >= 11 is 0. The van der Waals surface area contributed by atoms with Gasteiger partial charge in [-0.15, -0.1) is 140 Å². The van der Waals surface area contributed by atoms with Crippen LogP contribution >= 0.6 is 0 Å². The van der Waals surface area contributed by atoms with Gasteiger partial charge in [0.1, 0.15) is 28.9 Å². The van der Waals surface area contributed by atoms with Crippen LogP contribution in [0, 0.1) is 78.5 Å². The second-order valence-electron chi connectivity index (χ2n) is 31.6. The Bertz CT molecular complexity index is 7020. The van der Waals surface area contributed by atoms with Crippen LogP contribution < -0.4 is 0 Å². The molecule has 0 saturated heterocycles. The first-order valence-electron chi connectivity index (χ1n) is 42.5. The molecule has 8 heterocycles. The summed E-state index contributed by atoms with van der Waals surface area (Å²) < 4.78 is 37.2. The SMILES string of the molecule is CC(=O)C=C(C)O.CC(=O)C=C(C)O.CC(=O)C=C(C)O.CC(=O)C=C(C)O.Cc1[c-]c(-c2cc3c(-c4ccccc4)c(-c4ccccc4)oc3cn2)cc(C)c1.Cc1[c-]c(-c2cc3c(C)c(-c4ccccc4)oc3cn2)cc(C)c1.Cc1[c-]c(-c2cc3cc(-c4ccc(F)cc4)oc3cn2)cc(C)c1.[Ir].[Ir].[Ir].[Ir].[c-]1ccc(-c2ccccc2)cc1-c1cc2cc(-c3ccccc3)oc2cn1. The fraction of sp³-hybridized carbons (Fsp3) is 0.130. The number of hydrogen-bond donors (Lipinski definition) is 4. The van der Waals surface area contributed by atoms with Crippen LogP contribution in [0.1, 0.15) is 94.3 Å². The average molecular weight is 2520 g/mol. The molecule has 136 heavy (non-hydrogen) atoms. The fourth-order valence-corrected chi connectivity index (χ4v) is 14.4. The molecule has 0 aliphatic rings. The molecule has 10 aromatic carbocycles. The Hall–Kier alpha value is -13.7. The molecule has 4 radical (unpaired) electrons. The van der Waals surface area contributed by atoms with Crippen LogP contribution in [0.4, 0.5) is 4.39 Å². The van der Waals surface area contributed by atoms with Crippen molar-refractivity contribution in [3.8, 4) is 113 Å². The molecule has 0 fully saturated rings. The van der Waals surface area contributed by atoms with Gasteiger partial charge >= 0.3 is 0 Å². The minimum absolute atomic E-state index is 0. The second-order valence-corrected chi connectivity index (χ2v) is 31.6. The first kappa shape index (κ1) is 109. The number of pyridine rings is 4. The summed E-state index contributed by atoms with van der Waals surface area (Å²) in [6, 6.07) is 102. The van der Waals surface area contributed by atoms with Gasteiger partial charge in [-0.1, -0.05) is 217 Å². The van der Waals surface area contributed by atoms with Crippen molar-refractivity contribution in [2.24, 2.45) is 0 Å². The fourth-order valence-electron chi connectivity index (χ4n) is 14.4. The van der Waals surface area contributed by atoms with E-state index in [0.29, 0.717) is 11.3 Å². The van der Waals surface area contributed by atoms with Gasteiger partial charge in [0.2, 0.25) is 0 Å². The van der Waals surface area contributed by atoms with Gasteiger partial charge in [0.15, 0.2) is 45.5 Å². The zero-order valence-electron chi connectivity index (χ0n) is 77.6. The van der Waals surface area contributed by atoms with Crippen molar-refractivity contribution in [1.29, 1.82) is 0 Å². The van der Waals surface area contributed by atoms with Gasteiger partial charge in [0.05, 0.1) is 47.8 Å². The summed E-state index contributed by atoms with van der Waals surface area (Å²) in [7, 11) is 0. The predicted molar refractivity (Wildman–Crippen MR) is 527 cm³/mol. The van der Waals surface area contributed by atoms with Gasteiger partial charge in [-0.3, -0.25) is 19.2 Å². The van der Waals surface area contributed by atoms with Gasteiger partial charge in [0.25, 0.3) is 0 Å². The number of nitrogens with zero attached hydrogens (tertiary/aromatic N) is 4. The Morgan fingerprint density at radius 1 is 0.309 bits per heavy atom. The van der Waals surface area contributed by atoms with Crippen LogP contribution in [0.5, 0.6) is 0 Å². The molecule has 700 valence electrons. The predicted octanol–water partition coefficient (Wildman–Crippen LogP) is 29.6. The number of aromatic nitrogens is 4. The van der Waals surface area contributed by atoms with E-state index in [-0.39, 0.29) is 132 Å². The van der Waals surface area contributed by atoms with Crippen LogP contribution in [-0.2, 0) is 99.6 Å². The molecule has 8 aromatic heterocycles. The molecule has 16 nitrogen and oxygen atoms in total. The summed E-state index contributed by atoms with van der Waals surface area (Å²) in [6.07, 6.45) is 11.8. The summed E-state index contributed by atoms with van der Waals surface area (Å²) in [5, 5.41) is 37.6. The number of carbonyl (C=O) groups is 4. The summed E-state index contributed by atoms with van der Waals surface area (Å²) in [4.78, 5) is 58.4. The number of benzene rings is 10. The Morgan fingerprint density at radius 2 is 0.625 bits per heavy atom. The number of fused-ring (bicyclic) bond motifs is 4. The molecular weight excluding hydrogens is 2420 g/mol. The van der Waals surface area contributed by atoms with E-state index in [2.05, 4.69) is 219 Å². The molecule has 0 atom stereocenters. The smallest absolute Gasteiger partial charge is 0.155 e. The van der Waals surface area contributed by atoms with Gasteiger partial charge in [0, 0.05) is 160 Å². The van der Waals surface area contributed by atoms with Crippen LogP contribution in [0.3, 0.4) is 0 Å². The monoisotopic (exact) mass is 2520 g/mol. The van der Waals surface area contributed by atoms with Crippen molar-refractivity contribution in [2.75, 3.05) is 0 Å². The van der Waals surface area contributed by atoms with Crippen molar-refractivity contribution in [3.05, 3.63) is 408 Å². The second kappa shape index (κ2) is 52.8. The van der Waals surface area contributed by atoms with Crippen molar-refractivity contribution >= 4 is 67.0 Å². The maximum absolute atomic E-state index is 13.1. The number of hydrogen-bond acceptors (Lipinski definition) is 16. The van der Waals surface area contributed by atoms with Crippen molar-refractivity contribution in [3.63, 3.8) is 0 Å². The molecular formula is C115H101FIr4N4O12-4. The first-order chi connectivity index (χ1) is 63.3. The Morgan fingerprint density at radius 3 is 0.993 bits per heavy atom. The van der Waals surface area contributed by atoms with Crippen LogP contribution in [0.2, 0.25) is 0 Å². The summed E-state index contributed by atoms with van der Waals surface area (Å²) in [6.45, 7) is 25.9. The van der Waals surface area contributed by atoms with Crippen molar-refractivity contribution in [2.45, 2.75) is 104 Å². The molecule has 21 heteroatoms. The maximum atomic E-state index is 13.1. The van der Waals surface area contributed by atoms with Gasteiger partial charge in [-0.2, -0.15) is 0 Å². The molecule has 18 rings (SSSR count). The third-order valence-electron chi connectivity index (χ3n) is 19.6. The minimum Gasteiger partial charge on any atom is -0.512 e. The third-order valence-corrected chi connectivity index (χ3v) is 19.6. The van der Waals surface area contributed by atoms with E-state index in [1.807, 2.05) is 129 Å². The van der Waals surface area contributed by atoms with Crippen LogP contribution in [-0.4, -0.2) is 63.5 Å². The summed E-state index contributed by atoms with van der Waals surface area (Å²) in [5.41, 5.74) is 27.4. The molecule has 18 aromatic rings. The minimum atomic E-state index is -0.260. The van der Waals surface area contributed by atoms with Gasteiger partial charge in [-0.25, -0.2) is 4.39 Å². The molecule has 0 unspecified atom stereocenters. The zero-order chi connectivity index (χ0) is 94.7. The van der Waals surface area contributed by atoms with Crippen LogP contribution in [0.25, 0.3) is 156 Å². The Labute approximate surface area is 846 Å². The van der Waals surface area contributed by atoms with E-state index < -0.39 is 0 Å². The van der Waals surface area contributed by atoms with Gasteiger partial charge < -0.3 is 58.0 Å². The van der Waals surface area contributed by atoms with E-state index in [1.165, 1.54) is 114 Å². The van der Waals surface area contributed by atoms with Gasteiger partial charge in [-0.05, 0) is 133 Å². The standard InChI is InChI=1S/C27H20NO.C25H16NO.C22H18NO.C21H15FNO.4C5H8O2.4Ir/c1-18-13-19(2)15-22(14-18)24-16-23-25(17-28-24)29-27(21-11-7-4-8-12-21)26(23)20-9-5-3-6-10-20;1-3-8-18(9-4-1)20-12-7-13-21(14-20)23-15-22-16-24(27-25(22)17-26-23)19-10-5-2-6-11-19;1-14-9-15(2)11-18(10-14)20-12-19-16(3)22(24-21(19)13-23-20)17-7-5-4-6-8-17;1-13-7-14(2)9-16(8-13)19-10-17-11-20(24-21(17)12-23-19)15-3-5-18(22)6-4-15;4*1-4(6)3-5(2)7;;;;/h3-14,16-17H,1-2H3;1-12,14-17H;4-10,12-13H,1-3H3;3-8,10-12H,1-2H3;4*3,6H,1-2H3;;;;/q4*-1;;;;;;;;. The topological polar surface area (TPSA) is 253 Å². The molecule has 4 N–H and O–H groups in total. The number of allylic oxidation sites excluding steroid dienone is 8. The number of aliphatic hydroxyl groups excluding tert-OH is 4. The van der Waals surface area contributed by atoms with E-state index in [0.717, 1.165) is 162 Å². The maximum Gasteiger partial charge on any atom is 0.155 e. The molecule has 0 aliphatic heterocycles. The summed E-state index contributed by atoms with van der Waals surface area (Å²) in [5.74, 6) is 2.83. The Balaban J connectivity index is 0.000000224. The third kappa shape index (κ3) is 32.3. The normalized spacial score (nSPS) is 10.8. The molecule has 0 bridgehead atoms. The first-order valence-corrected chi connectivity index (χ1v) is 42.5. The van der Waals surface area contributed by atoms with E-state index in [4.69, 9.17) is 38.1 Å². The quantitative estimate of drug-likeness (QED) is 0.0448. The Kier molecular flexibility index (Phi) is 42.5. The number of rotatable bonds is 14. The molecule has 0 aliphatic carbocycles.